The molecule has 28 heavy (non-hydrogen) atoms. The van der Waals surface area contributed by atoms with Crippen LogP contribution in [-0.4, -0.2) is 39.9 Å². The van der Waals surface area contributed by atoms with E-state index in [1.807, 2.05) is 0 Å². The van der Waals surface area contributed by atoms with Crippen molar-refractivity contribution in [2.24, 2.45) is 5.92 Å². The van der Waals surface area contributed by atoms with E-state index in [2.05, 4.69) is 15.5 Å². The van der Waals surface area contributed by atoms with Crippen molar-refractivity contribution in [2.45, 2.75) is 57.4 Å². The van der Waals surface area contributed by atoms with Gasteiger partial charge in [0.05, 0.1) is 17.7 Å². The summed E-state index contributed by atoms with van der Waals surface area (Å²) in [5.74, 6) is 0.710. The van der Waals surface area contributed by atoms with Gasteiger partial charge in [-0.15, -0.1) is 0 Å². The molecule has 2 aliphatic rings. The number of nitrogens with zero attached hydrogens (tertiary/aromatic N) is 3. The Bertz CT molecular complexity index is 823. The second-order valence-electron chi connectivity index (χ2n) is 7.87. The highest BCUT2D eigenvalue weighted by Gasteiger charge is 2.41. The van der Waals surface area contributed by atoms with E-state index in [-0.39, 0.29) is 17.7 Å². The number of hydrogen-bond acceptors (Lipinski definition) is 6. The molecule has 4 rings (SSSR count). The van der Waals surface area contributed by atoms with Crippen molar-refractivity contribution in [2.75, 3.05) is 13.1 Å². The molecular formula is C20H26N4O4. The number of nitrogens with one attached hydrogen (secondary N) is 1. The first-order chi connectivity index (χ1) is 13.6. The molecule has 1 unspecified atom stereocenters. The van der Waals surface area contributed by atoms with Crippen LogP contribution in [0.15, 0.2) is 27.5 Å². The number of aryl methyl sites for hydroxylation is 1. The van der Waals surface area contributed by atoms with Gasteiger partial charge in [-0.2, -0.15) is 4.98 Å². The second kappa shape index (κ2) is 7.77. The molecule has 2 aromatic rings. The molecular weight excluding hydrogens is 360 g/mol. The molecule has 8 heteroatoms. The predicted molar refractivity (Wildman–Crippen MR) is 99.3 cm³/mol. The molecule has 2 amide bonds. The summed E-state index contributed by atoms with van der Waals surface area (Å²) in [6.07, 6.45) is 9.30. The van der Waals surface area contributed by atoms with Gasteiger partial charge < -0.3 is 19.2 Å². The van der Waals surface area contributed by atoms with E-state index in [0.717, 1.165) is 44.9 Å². The minimum absolute atomic E-state index is 0.0333. The lowest BCUT2D eigenvalue weighted by atomic mass is 9.80. The number of piperidine rings is 1. The number of hydrogen-bond donors (Lipinski definition) is 1. The quantitative estimate of drug-likeness (QED) is 0.867. The number of carbonyl (C=O) groups is 2. The zero-order chi connectivity index (χ0) is 19.6. The molecule has 0 radical (unpaired) electrons. The van der Waals surface area contributed by atoms with Crippen molar-refractivity contribution in [1.82, 2.24) is 20.4 Å². The molecule has 2 aromatic heterocycles. The fraction of sp³-hybridized carbons (Fsp3) is 0.600. The normalized spacial score (nSPS) is 22.0. The van der Waals surface area contributed by atoms with Gasteiger partial charge in [0, 0.05) is 20.0 Å². The highest BCUT2D eigenvalue weighted by atomic mass is 16.5. The van der Waals surface area contributed by atoms with Crippen molar-refractivity contribution in [3.05, 3.63) is 35.9 Å². The molecule has 0 aromatic carbocycles. The summed E-state index contributed by atoms with van der Waals surface area (Å²) in [4.78, 5) is 31.9. The number of furan rings is 1. The molecule has 150 valence electrons. The van der Waals surface area contributed by atoms with Crippen LogP contribution in [0.1, 0.15) is 67.0 Å². The first-order valence-corrected chi connectivity index (χ1v) is 10.0. The maximum absolute atomic E-state index is 13.2. The Hall–Kier alpha value is -2.64. The van der Waals surface area contributed by atoms with Crippen LogP contribution >= 0.6 is 0 Å². The number of likely N-dealkylation sites (tertiary alicyclic amines) is 1. The highest BCUT2D eigenvalue weighted by molar-refractivity contribution is 5.94. The minimum atomic E-state index is -0.566. The zero-order valence-electron chi connectivity index (χ0n) is 16.1. The molecule has 1 atom stereocenters. The summed E-state index contributed by atoms with van der Waals surface area (Å²) in [7, 11) is 0. The molecule has 1 saturated heterocycles. The lowest BCUT2D eigenvalue weighted by molar-refractivity contribution is -0.129. The molecule has 1 aliphatic carbocycles. The Kier molecular flexibility index (Phi) is 5.19. The van der Waals surface area contributed by atoms with Gasteiger partial charge in [0.2, 0.25) is 11.8 Å². The van der Waals surface area contributed by atoms with Crippen LogP contribution in [0.25, 0.3) is 0 Å². The molecule has 8 nitrogen and oxygen atoms in total. The van der Waals surface area contributed by atoms with Crippen molar-refractivity contribution >= 4 is 11.8 Å². The van der Waals surface area contributed by atoms with Crippen LogP contribution in [0.2, 0.25) is 0 Å². The SMILES string of the molecule is Cc1nc(C2(NC(=O)C3CCCN(C(=O)c4ccoc4)C3)CCCCC2)no1. The van der Waals surface area contributed by atoms with E-state index in [9.17, 15) is 9.59 Å². The lowest BCUT2D eigenvalue weighted by Gasteiger charge is -2.38. The van der Waals surface area contributed by atoms with Crippen molar-refractivity contribution in [3.8, 4) is 0 Å². The molecule has 0 spiro atoms. The van der Waals surface area contributed by atoms with Crippen LogP contribution in [0.4, 0.5) is 0 Å². The summed E-state index contributed by atoms with van der Waals surface area (Å²) in [6, 6.07) is 1.65. The second-order valence-corrected chi connectivity index (χ2v) is 7.87. The van der Waals surface area contributed by atoms with Gasteiger partial charge >= 0.3 is 0 Å². The summed E-state index contributed by atoms with van der Waals surface area (Å²) in [5.41, 5.74) is -0.0451. The number of carbonyl (C=O) groups excluding carboxylic acids is 2. The van der Waals surface area contributed by atoms with E-state index in [4.69, 9.17) is 8.94 Å². The molecule has 2 fully saturated rings. The molecule has 1 aliphatic heterocycles. The Balaban J connectivity index is 1.47. The third-order valence-corrected chi connectivity index (χ3v) is 5.87. The fourth-order valence-electron chi connectivity index (χ4n) is 4.34. The van der Waals surface area contributed by atoms with Gasteiger partial charge in [-0.1, -0.05) is 24.4 Å². The Morgan fingerprint density at radius 1 is 1.25 bits per heavy atom. The van der Waals surface area contributed by atoms with Crippen LogP contribution in [0.5, 0.6) is 0 Å². The Labute approximate surface area is 163 Å². The third-order valence-electron chi connectivity index (χ3n) is 5.87. The van der Waals surface area contributed by atoms with Gasteiger partial charge in [-0.05, 0) is 31.7 Å². The largest absolute Gasteiger partial charge is 0.472 e. The topological polar surface area (TPSA) is 101 Å². The van der Waals surface area contributed by atoms with Gasteiger partial charge in [0.25, 0.3) is 5.91 Å². The average molecular weight is 386 g/mol. The van der Waals surface area contributed by atoms with Gasteiger partial charge in [-0.3, -0.25) is 9.59 Å². The van der Waals surface area contributed by atoms with E-state index < -0.39 is 5.54 Å². The zero-order valence-corrected chi connectivity index (χ0v) is 16.1. The Morgan fingerprint density at radius 3 is 2.75 bits per heavy atom. The predicted octanol–water partition coefficient (Wildman–Crippen LogP) is 2.80. The summed E-state index contributed by atoms with van der Waals surface area (Å²) >= 11 is 0. The van der Waals surface area contributed by atoms with Gasteiger partial charge in [0.1, 0.15) is 11.8 Å². The van der Waals surface area contributed by atoms with Crippen molar-refractivity contribution < 1.29 is 18.5 Å². The minimum Gasteiger partial charge on any atom is -0.472 e. The smallest absolute Gasteiger partial charge is 0.257 e. The standard InChI is InChI=1S/C20H26N4O4/c1-14-21-19(23-28-14)20(8-3-2-4-9-20)22-17(25)15-6-5-10-24(12-15)18(26)16-7-11-27-13-16/h7,11,13,15H,2-6,8-10,12H2,1H3,(H,22,25). The van der Waals surface area contributed by atoms with Gasteiger partial charge in [-0.25, -0.2) is 0 Å². The van der Waals surface area contributed by atoms with E-state index >= 15 is 0 Å². The summed E-state index contributed by atoms with van der Waals surface area (Å²) in [6.45, 7) is 2.83. The van der Waals surface area contributed by atoms with Gasteiger partial charge in [0.15, 0.2) is 5.82 Å². The van der Waals surface area contributed by atoms with Crippen molar-refractivity contribution in [3.63, 3.8) is 0 Å². The fourth-order valence-corrected chi connectivity index (χ4v) is 4.34. The monoisotopic (exact) mass is 386 g/mol. The van der Waals surface area contributed by atoms with E-state index in [1.54, 1.807) is 17.9 Å². The Morgan fingerprint density at radius 2 is 2.07 bits per heavy atom. The number of amides is 2. The third kappa shape index (κ3) is 3.68. The molecule has 3 heterocycles. The van der Waals surface area contributed by atoms with Crippen molar-refractivity contribution in [1.29, 1.82) is 0 Å². The lowest BCUT2D eigenvalue weighted by Crippen LogP contribution is -2.53. The van der Waals surface area contributed by atoms with Crippen LogP contribution in [0.3, 0.4) is 0 Å². The maximum Gasteiger partial charge on any atom is 0.257 e. The molecule has 1 saturated carbocycles. The number of rotatable bonds is 4. The summed E-state index contributed by atoms with van der Waals surface area (Å²) in [5, 5.41) is 7.36. The highest BCUT2D eigenvalue weighted by Crippen LogP contribution is 2.36. The molecule has 0 bridgehead atoms. The van der Waals surface area contributed by atoms with Crippen LogP contribution in [-0.2, 0) is 10.3 Å². The first-order valence-electron chi connectivity index (χ1n) is 10.0. The first kappa shape index (κ1) is 18.7. The molecule has 1 N–H and O–H groups in total. The van der Waals surface area contributed by atoms with E-state index in [1.165, 1.54) is 12.5 Å². The average Bonchev–Trinajstić information content (AvgIpc) is 3.40. The summed E-state index contributed by atoms with van der Waals surface area (Å²) < 4.78 is 10.2. The maximum atomic E-state index is 13.2. The van der Waals surface area contributed by atoms with E-state index in [0.29, 0.717) is 30.4 Å². The van der Waals surface area contributed by atoms with Crippen LogP contribution < -0.4 is 5.32 Å². The van der Waals surface area contributed by atoms with Crippen LogP contribution in [0, 0.1) is 12.8 Å². The number of aromatic nitrogens is 2.